The first-order chi connectivity index (χ1) is 7.70. The Morgan fingerprint density at radius 3 is 2.88 bits per heavy atom. The Morgan fingerprint density at radius 2 is 2.19 bits per heavy atom. The summed E-state index contributed by atoms with van der Waals surface area (Å²) < 4.78 is 5.24. The Balaban J connectivity index is 2.31. The van der Waals surface area contributed by atoms with Crippen molar-refractivity contribution in [2.75, 3.05) is 0 Å². The third-order valence-electron chi connectivity index (χ3n) is 2.65. The topological polar surface area (TPSA) is 52.0 Å². The monoisotopic (exact) mass is 216 g/mol. The van der Waals surface area contributed by atoms with Gasteiger partial charge < -0.3 is 10.3 Å². The van der Waals surface area contributed by atoms with Crippen LogP contribution in [0.15, 0.2) is 34.9 Å². The highest BCUT2D eigenvalue weighted by Gasteiger charge is 2.11. The maximum Gasteiger partial charge on any atom is 0.154 e. The van der Waals surface area contributed by atoms with Crippen molar-refractivity contribution in [1.82, 2.24) is 5.16 Å². The van der Waals surface area contributed by atoms with Crippen LogP contribution in [0.1, 0.15) is 30.7 Å². The van der Waals surface area contributed by atoms with Crippen molar-refractivity contribution in [2.24, 2.45) is 5.73 Å². The molecule has 0 saturated heterocycles. The van der Waals surface area contributed by atoms with E-state index in [1.807, 2.05) is 25.1 Å². The molecular weight excluding hydrogens is 200 g/mol. The fourth-order valence-electron chi connectivity index (χ4n) is 1.61. The van der Waals surface area contributed by atoms with Crippen molar-refractivity contribution in [1.29, 1.82) is 0 Å². The van der Waals surface area contributed by atoms with Gasteiger partial charge in [-0.25, -0.2) is 0 Å². The highest BCUT2D eigenvalue weighted by Crippen LogP contribution is 2.23. The highest BCUT2D eigenvalue weighted by atomic mass is 16.5. The number of aryl methyl sites for hydroxylation is 1. The SMILES string of the molecule is CCC(N)c1cc(-c2cccc(C)c2)no1. The second kappa shape index (κ2) is 4.49. The van der Waals surface area contributed by atoms with E-state index in [9.17, 15) is 0 Å². The fraction of sp³-hybridized carbons (Fsp3) is 0.308. The lowest BCUT2D eigenvalue weighted by atomic mass is 10.1. The predicted octanol–water partition coefficient (Wildman–Crippen LogP) is 3.06. The van der Waals surface area contributed by atoms with Gasteiger partial charge in [-0.15, -0.1) is 0 Å². The molecule has 0 aliphatic carbocycles. The van der Waals surface area contributed by atoms with E-state index in [-0.39, 0.29) is 6.04 Å². The van der Waals surface area contributed by atoms with Gasteiger partial charge in [-0.05, 0) is 19.4 Å². The fourth-order valence-corrected chi connectivity index (χ4v) is 1.61. The summed E-state index contributed by atoms with van der Waals surface area (Å²) in [5.41, 5.74) is 9.01. The number of benzene rings is 1. The van der Waals surface area contributed by atoms with Gasteiger partial charge in [0.2, 0.25) is 0 Å². The zero-order chi connectivity index (χ0) is 11.5. The van der Waals surface area contributed by atoms with E-state index in [0.29, 0.717) is 0 Å². The molecule has 3 nitrogen and oxygen atoms in total. The molecule has 0 aliphatic heterocycles. The third-order valence-corrected chi connectivity index (χ3v) is 2.65. The molecule has 2 N–H and O–H groups in total. The molecule has 1 atom stereocenters. The smallest absolute Gasteiger partial charge is 0.154 e. The van der Waals surface area contributed by atoms with Gasteiger partial charge in [-0.1, -0.05) is 35.8 Å². The molecule has 16 heavy (non-hydrogen) atoms. The summed E-state index contributed by atoms with van der Waals surface area (Å²) in [6.45, 7) is 4.09. The largest absolute Gasteiger partial charge is 0.359 e. The van der Waals surface area contributed by atoms with E-state index < -0.39 is 0 Å². The molecule has 2 aromatic rings. The molecule has 0 saturated carbocycles. The van der Waals surface area contributed by atoms with Crippen molar-refractivity contribution < 1.29 is 4.52 Å². The molecule has 1 aromatic carbocycles. The summed E-state index contributed by atoms with van der Waals surface area (Å²) in [5.74, 6) is 0.749. The molecule has 0 spiro atoms. The van der Waals surface area contributed by atoms with Crippen LogP contribution in [0.5, 0.6) is 0 Å². The first kappa shape index (κ1) is 10.9. The number of hydrogen-bond acceptors (Lipinski definition) is 3. The predicted molar refractivity (Wildman–Crippen MR) is 63.9 cm³/mol. The Kier molecular flexibility index (Phi) is 3.06. The molecule has 1 heterocycles. The van der Waals surface area contributed by atoms with Crippen molar-refractivity contribution in [3.63, 3.8) is 0 Å². The summed E-state index contributed by atoms with van der Waals surface area (Å²) >= 11 is 0. The number of hydrogen-bond donors (Lipinski definition) is 1. The average molecular weight is 216 g/mol. The van der Waals surface area contributed by atoms with E-state index in [1.54, 1.807) is 0 Å². The summed E-state index contributed by atoms with van der Waals surface area (Å²) in [7, 11) is 0. The minimum atomic E-state index is -0.0638. The van der Waals surface area contributed by atoms with Gasteiger partial charge in [-0.3, -0.25) is 0 Å². The van der Waals surface area contributed by atoms with E-state index >= 15 is 0 Å². The van der Waals surface area contributed by atoms with Crippen LogP contribution >= 0.6 is 0 Å². The molecule has 2 rings (SSSR count). The van der Waals surface area contributed by atoms with E-state index in [0.717, 1.165) is 23.4 Å². The quantitative estimate of drug-likeness (QED) is 0.857. The number of nitrogens with two attached hydrogens (primary N) is 1. The molecule has 0 aliphatic rings. The first-order valence-corrected chi connectivity index (χ1v) is 5.50. The molecule has 0 fully saturated rings. The third kappa shape index (κ3) is 2.14. The van der Waals surface area contributed by atoms with E-state index in [4.69, 9.17) is 10.3 Å². The van der Waals surface area contributed by atoms with Gasteiger partial charge in [0, 0.05) is 11.6 Å². The Bertz CT molecular complexity index is 476. The van der Waals surface area contributed by atoms with Crippen LogP contribution in [-0.4, -0.2) is 5.16 Å². The molecular formula is C13H16N2O. The molecule has 3 heteroatoms. The molecule has 84 valence electrons. The Labute approximate surface area is 95.3 Å². The molecule has 1 unspecified atom stereocenters. The Morgan fingerprint density at radius 1 is 1.38 bits per heavy atom. The van der Waals surface area contributed by atoms with Crippen molar-refractivity contribution >= 4 is 0 Å². The van der Waals surface area contributed by atoms with Crippen LogP contribution in [0.2, 0.25) is 0 Å². The summed E-state index contributed by atoms with van der Waals surface area (Å²) in [4.78, 5) is 0. The number of rotatable bonds is 3. The van der Waals surface area contributed by atoms with Crippen molar-refractivity contribution in [2.45, 2.75) is 26.3 Å². The van der Waals surface area contributed by atoms with Crippen LogP contribution in [0, 0.1) is 6.92 Å². The highest BCUT2D eigenvalue weighted by molar-refractivity contribution is 5.59. The van der Waals surface area contributed by atoms with Crippen LogP contribution in [-0.2, 0) is 0 Å². The summed E-state index contributed by atoms with van der Waals surface area (Å²) in [6.07, 6.45) is 0.850. The van der Waals surface area contributed by atoms with Gasteiger partial charge in [0.05, 0.1) is 6.04 Å². The van der Waals surface area contributed by atoms with Crippen molar-refractivity contribution in [3.8, 4) is 11.3 Å². The summed E-state index contributed by atoms with van der Waals surface area (Å²) in [6, 6.07) is 10.0. The minimum absolute atomic E-state index is 0.0638. The van der Waals surface area contributed by atoms with Crippen LogP contribution in [0.25, 0.3) is 11.3 Å². The lowest BCUT2D eigenvalue weighted by molar-refractivity contribution is 0.360. The minimum Gasteiger partial charge on any atom is -0.359 e. The molecule has 0 radical (unpaired) electrons. The lowest BCUT2D eigenvalue weighted by Gasteiger charge is -2.00. The maximum absolute atomic E-state index is 5.88. The normalized spacial score (nSPS) is 12.7. The number of nitrogens with zero attached hydrogens (tertiary/aromatic N) is 1. The van der Waals surface area contributed by atoms with Crippen LogP contribution in [0.3, 0.4) is 0 Å². The van der Waals surface area contributed by atoms with Crippen LogP contribution < -0.4 is 5.73 Å². The van der Waals surface area contributed by atoms with Crippen LogP contribution in [0.4, 0.5) is 0 Å². The zero-order valence-corrected chi connectivity index (χ0v) is 9.60. The van der Waals surface area contributed by atoms with E-state index in [1.165, 1.54) is 5.56 Å². The van der Waals surface area contributed by atoms with Gasteiger partial charge in [-0.2, -0.15) is 0 Å². The van der Waals surface area contributed by atoms with Gasteiger partial charge in [0.25, 0.3) is 0 Å². The zero-order valence-electron chi connectivity index (χ0n) is 9.60. The lowest BCUT2D eigenvalue weighted by Crippen LogP contribution is -2.06. The average Bonchev–Trinajstić information content (AvgIpc) is 2.77. The van der Waals surface area contributed by atoms with Crippen molar-refractivity contribution in [3.05, 3.63) is 41.7 Å². The Hall–Kier alpha value is -1.61. The second-order valence-electron chi connectivity index (χ2n) is 4.00. The van der Waals surface area contributed by atoms with E-state index in [2.05, 4.69) is 24.2 Å². The molecule has 1 aromatic heterocycles. The summed E-state index contributed by atoms with van der Waals surface area (Å²) in [5, 5.41) is 4.04. The number of aromatic nitrogens is 1. The molecule has 0 amide bonds. The first-order valence-electron chi connectivity index (χ1n) is 5.50. The van der Waals surface area contributed by atoms with Gasteiger partial charge in [0.1, 0.15) is 5.69 Å². The standard InChI is InChI=1S/C13H16N2O/c1-3-11(14)13-8-12(15-16-13)10-6-4-5-9(2)7-10/h4-8,11H,3,14H2,1-2H3. The second-order valence-corrected chi connectivity index (χ2v) is 4.00. The molecule has 0 bridgehead atoms. The maximum atomic E-state index is 5.88. The van der Waals surface area contributed by atoms with Gasteiger partial charge >= 0.3 is 0 Å². The van der Waals surface area contributed by atoms with Gasteiger partial charge in [0.15, 0.2) is 5.76 Å².